The highest BCUT2D eigenvalue weighted by Crippen LogP contribution is 2.19. The Balaban J connectivity index is 1.40. The number of rotatable bonds is 9. The van der Waals surface area contributed by atoms with E-state index < -0.39 is 10.0 Å². The predicted molar refractivity (Wildman–Crippen MR) is 117 cm³/mol. The smallest absolute Gasteiger partial charge is 0.233 e. The Bertz CT molecular complexity index is 920. The summed E-state index contributed by atoms with van der Waals surface area (Å²) in [5.41, 5.74) is 1.75. The van der Waals surface area contributed by atoms with Gasteiger partial charge in [-0.15, -0.1) is 11.3 Å². The van der Waals surface area contributed by atoms with Crippen LogP contribution in [-0.2, 0) is 21.4 Å². The van der Waals surface area contributed by atoms with Crippen molar-refractivity contribution in [1.29, 1.82) is 0 Å². The first-order chi connectivity index (χ1) is 14.0. The second kappa shape index (κ2) is 10.6. The molecule has 1 aliphatic rings. The lowest BCUT2D eigenvalue weighted by Gasteiger charge is -2.25. The van der Waals surface area contributed by atoms with E-state index in [1.54, 1.807) is 0 Å². The fraction of sp³-hybridized carbons (Fsp3) is 0.400. The fourth-order valence-corrected chi connectivity index (χ4v) is 4.59. The zero-order valence-electron chi connectivity index (χ0n) is 16.2. The Kier molecular flexibility index (Phi) is 7.93. The second-order valence-electron chi connectivity index (χ2n) is 6.93. The number of anilines is 1. The molecule has 2 heterocycles. The van der Waals surface area contributed by atoms with Gasteiger partial charge in [-0.2, -0.15) is 0 Å². The van der Waals surface area contributed by atoms with Crippen LogP contribution in [0.15, 0.2) is 41.1 Å². The topological polar surface area (TPSA) is 91.4 Å². The van der Waals surface area contributed by atoms with Gasteiger partial charge in [-0.05, 0) is 37.6 Å². The average Bonchev–Trinajstić information content (AvgIpc) is 3.14. The van der Waals surface area contributed by atoms with Gasteiger partial charge >= 0.3 is 0 Å². The number of amides is 1. The summed E-state index contributed by atoms with van der Waals surface area (Å²) in [6.45, 7) is 3.02. The molecule has 9 heteroatoms. The van der Waals surface area contributed by atoms with E-state index in [-0.39, 0.29) is 18.9 Å². The molecule has 0 atom stereocenters. The van der Waals surface area contributed by atoms with Crippen LogP contribution in [0.25, 0.3) is 6.08 Å². The van der Waals surface area contributed by atoms with E-state index in [2.05, 4.69) is 19.9 Å². The minimum atomic E-state index is -3.59. The van der Waals surface area contributed by atoms with E-state index in [9.17, 15) is 13.2 Å². The van der Waals surface area contributed by atoms with Gasteiger partial charge in [0.2, 0.25) is 15.9 Å². The third-order valence-corrected chi connectivity index (χ3v) is 6.43. The number of aromatic nitrogens is 1. The molecule has 0 spiro atoms. The Hall–Kier alpha value is -2.07. The highest BCUT2D eigenvalue weighted by atomic mass is 32.2. The fourth-order valence-electron chi connectivity index (χ4n) is 3.05. The Morgan fingerprint density at radius 1 is 1.17 bits per heavy atom. The molecule has 0 bridgehead atoms. The van der Waals surface area contributed by atoms with Crippen LogP contribution in [0.3, 0.4) is 0 Å². The van der Waals surface area contributed by atoms with Crippen molar-refractivity contribution >= 4 is 38.5 Å². The molecule has 1 aromatic carbocycles. The predicted octanol–water partition coefficient (Wildman–Crippen LogP) is 3.05. The SMILES string of the molecule is O=C(CCNS(=O)(=O)/C=C/c1ccccc1)Nc1nc(CN2CCCCC2)cs1. The highest BCUT2D eigenvalue weighted by molar-refractivity contribution is 7.92. The molecule has 29 heavy (non-hydrogen) atoms. The van der Waals surface area contributed by atoms with Crippen molar-refractivity contribution in [3.05, 3.63) is 52.4 Å². The minimum absolute atomic E-state index is 0.0271. The second-order valence-corrected chi connectivity index (χ2v) is 9.44. The summed E-state index contributed by atoms with van der Waals surface area (Å²) in [7, 11) is -3.59. The molecule has 7 nitrogen and oxygen atoms in total. The van der Waals surface area contributed by atoms with Crippen LogP contribution >= 0.6 is 11.3 Å². The largest absolute Gasteiger partial charge is 0.302 e. The van der Waals surface area contributed by atoms with Crippen molar-refractivity contribution in [2.75, 3.05) is 25.0 Å². The molecule has 0 unspecified atom stereocenters. The van der Waals surface area contributed by atoms with Crippen molar-refractivity contribution in [3.63, 3.8) is 0 Å². The lowest BCUT2D eigenvalue weighted by Crippen LogP contribution is -2.29. The summed E-state index contributed by atoms with van der Waals surface area (Å²) in [6, 6.07) is 9.16. The van der Waals surface area contributed by atoms with Crippen LogP contribution in [-0.4, -0.2) is 43.8 Å². The van der Waals surface area contributed by atoms with E-state index in [1.165, 1.54) is 36.7 Å². The summed E-state index contributed by atoms with van der Waals surface area (Å²) in [4.78, 5) is 18.9. The number of piperidine rings is 1. The monoisotopic (exact) mass is 434 g/mol. The van der Waals surface area contributed by atoms with E-state index in [1.807, 2.05) is 35.7 Å². The number of benzene rings is 1. The number of nitrogens with zero attached hydrogens (tertiary/aromatic N) is 2. The molecule has 1 amide bonds. The lowest BCUT2D eigenvalue weighted by molar-refractivity contribution is -0.116. The zero-order valence-corrected chi connectivity index (χ0v) is 17.8. The van der Waals surface area contributed by atoms with Crippen molar-refractivity contribution in [2.24, 2.45) is 0 Å². The normalized spacial score (nSPS) is 15.6. The summed E-state index contributed by atoms with van der Waals surface area (Å²) in [5, 5.41) is 6.36. The van der Waals surface area contributed by atoms with Gasteiger partial charge in [0.25, 0.3) is 0 Å². The molecule has 156 valence electrons. The molecule has 2 aromatic rings. The molecule has 2 N–H and O–H groups in total. The average molecular weight is 435 g/mol. The standard InChI is InChI=1S/C20H26N4O3S2/c25-19(9-11-21-29(26,27)14-10-17-7-3-1-4-8-17)23-20-22-18(16-28-20)15-24-12-5-2-6-13-24/h1,3-4,7-8,10,14,16,21H,2,5-6,9,11-13,15H2,(H,22,23,25)/b14-10+. The summed E-state index contributed by atoms with van der Waals surface area (Å²) in [6.07, 6.45) is 5.30. The van der Waals surface area contributed by atoms with E-state index in [0.717, 1.165) is 36.3 Å². The van der Waals surface area contributed by atoms with Crippen LogP contribution in [0.1, 0.15) is 36.9 Å². The number of carbonyl (C=O) groups excluding carboxylic acids is 1. The first-order valence-electron chi connectivity index (χ1n) is 9.70. The van der Waals surface area contributed by atoms with Gasteiger partial charge in [-0.3, -0.25) is 9.69 Å². The third kappa shape index (κ3) is 7.69. The van der Waals surface area contributed by atoms with E-state index >= 15 is 0 Å². The molecule has 3 rings (SSSR count). The first-order valence-corrected chi connectivity index (χ1v) is 12.1. The maximum atomic E-state index is 12.1. The molecule has 1 saturated heterocycles. The van der Waals surface area contributed by atoms with Crippen molar-refractivity contribution in [1.82, 2.24) is 14.6 Å². The molecule has 1 aromatic heterocycles. The highest BCUT2D eigenvalue weighted by Gasteiger charge is 2.13. The van der Waals surface area contributed by atoms with E-state index in [0.29, 0.717) is 5.13 Å². The van der Waals surface area contributed by atoms with E-state index in [4.69, 9.17) is 0 Å². The van der Waals surface area contributed by atoms with Gasteiger partial charge in [0.05, 0.1) is 5.69 Å². The van der Waals surface area contributed by atoms with Gasteiger partial charge in [0, 0.05) is 30.3 Å². The molecule has 1 aliphatic heterocycles. The minimum Gasteiger partial charge on any atom is -0.302 e. The molecular formula is C20H26N4O3S2. The number of hydrogen-bond donors (Lipinski definition) is 2. The third-order valence-electron chi connectivity index (χ3n) is 4.53. The van der Waals surface area contributed by atoms with Gasteiger partial charge in [-0.25, -0.2) is 18.1 Å². The van der Waals surface area contributed by atoms with Crippen LogP contribution in [0.5, 0.6) is 0 Å². The Morgan fingerprint density at radius 2 is 1.93 bits per heavy atom. The summed E-state index contributed by atoms with van der Waals surface area (Å²) in [5.74, 6) is -0.265. The lowest BCUT2D eigenvalue weighted by atomic mass is 10.1. The van der Waals surface area contributed by atoms with Gasteiger partial charge in [-0.1, -0.05) is 36.8 Å². The Morgan fingerprint density at radius 3 is 2.69 bits per heavy atom. The molecule has 1 fully saturated rings. The van der Waals surface area contributed by atoms with Crippen molar-refractivity contribution in [2.45, 2.75) is 32.2 Å². The molecule has 0 aliphatic carbocycles. The number of thiazole rings is 1. The van der Waals surface area contributed by atoms with Crippen LogP contribution < -0.4 is 10.0 Å². The van der Waals surface area contributed by atoms with Crippen LogP contribution in [0.2, 0.25) is 0 Å². The first kappa shape index (κ1) is 21.6. The number of sulfonamides is 1. The number of carbonyl (C=O) groups is 1. The number of likely N-dealkylation sites (tertiary alicyclic amines) is 1. The van der Waals surface area contributed by atoms with Crippen molar-refractivity contribution in [3.8, 4) is 0 Å². The molecular weight excluding hydrogens is 408 g/mol. The summed E-state index contributed by atoms with van der Waals surface area (Å²) < 4.78 is 26.4. The molecule has 0 radical (unpaired) electrons. The van der Waals surface area contributed by atoms with Gasteiger partial charge in [0.1, 0.15) is 0 Å². The maximum Gasteiger partial charge on any atom is 0.233 e. The quantitative estimate of drug-likeness (QED) is 0.633. The number of hydrogen-bond acceptors (Lipinski definition) is 6. The maximum absolute atomic E-state index is 12.1. The van der Waals surface area contributed by atoms with Gasteiger partial charge in [0.15, 0.2) is 5.13 Å². The number of nitrogens with one attached hydrogen (secondary N) is 2. The van der Waals surface area contributed by atoms with Crippen LogP contribution in [0, 0.1) is 0 Å². The molecule has 0 saturated carbocycles. The Labute approximate surface area is 175 Å². The van der Waals surface area contributed by atoms with Crippen molar-refractivity contribution < 1.29 is 13.2 Å². The summed E-state index contributed by atoms with van der Waals surface area (Å²) >= 11 is 1.39. The van der Waals surface area contributed by atoms with Gasteiger partial charge < -0.3 is 5.32 Å². The van der Waals surface area contributed by atoms with Crippen LogP contribution in [0.4, 0.5) is 5.13 Å². The zero-order chi connectivity index (χ0) is 20.5.